The van der Waals surface area contributed by atoms with Gasteiger partial charge in [-0.25, -0.2) is 8.42 Å². The number of sulfone groups is 1. The molecule has 0 spiro atoms. The Morgan fingerprint density at radius 1 is 1.36 bits per heavy atom. The molecule has 2 heterocycles. The Bertz CT molecular complexity index is 703. The lowest BCUT2D eigenvalue weighted by Gasteiger charge is -2.13. The summed E-state index contributed by atoms with van der Waals surface area (Å²) in [6, 6.07) is 3.90. The summed E-state index contributed by atoms with van der Waals surface area (Å²) in [5.74, 6) is 0.705. The van der Waals surface area contributed by atoms with Crippen molar-refractivity contribution in [2.24, 2.45) is 4.99 Å². The Balaban J connectivity index is 0.00000312. The van der Waals surface area contributed by atoms with Crippen molar-refractivity contribution in [3.8, 4) is 0 Å². The smallest absolute Gasteiger partial charge is 0.222 e. The average molecular weight is 500 g/mol. The minimum atomic E-state index is -2.97. The lowest BCUT2D eigenvalue weighted by Crippen LogP contribution is -2.40. The fourth-order valence-electron chi connectivity index (χ4n) is 2.47. The van der Waals surface area contributed by atoms with E-state index in [9.17, 15) is 13.2 Å². The van der Waals surface area contributed by atoms with Gasteiger partial charge in [0.1, 0.15) is 0 Å². The number of halogens is 1. The molecule has 1 atom stereocenters. The molecule has 1 saturated heterocycles. The van der Waals surface area contributed by atoms with Crippen molar-refractivity contribution in [2.75, 3.05) is 25.1 Å². The molecule has 3 N–H and O–H groups in total. The topological polar surface area (TPSA) is 99.7 Å². The van der Waals surface area contributed by atoms with Crippen LogP contribution >= 0.6 is 35.3 Å². The van der Waals surface area contributed by atoms with Crippen LogP contribution in [0.3, 0.4) is 0 Å². The van der Waals surface area contributed by atoms with Gasteiger partial charge >= 0.3 is 0 Å². The largest absolute Gasteiger partial charge is 0.356 e. The van der Waals surface area contributed by atoms with E-state index in [-0.39, 0.29) is 53.9 Å². The predicted octanol–water partition coefficient (Wildman–Crippen LogP) is 1.03. The van der Waals surface area contributed by atoms with Crippen LogP contribution in [0.5, 0.6) is 0 Å². The van der Waals surface area contributed by atoms with E-state index in [2.05, 4.69) is 40.0 Å². The zero-order valence-corrected chi connectivity index (χ0v) is 18.3. The van der Waals surface area contributed by atoms with Gasteiger partial charge < -0.3 is 16.0 Å². The normalized spacial score (nSPS) is 19.1. The highest BCUT2D eigenvalue weighted by Crippen LogP contribution is 2.14. The van der Waals surface area contributed by atoms with Crippen molar-refractivity contribution in [3.63, 3.8) is 0 Å². The second kappa shape index (κ2) is 10.3. The monoisotopic (exact) mass is 500 g/mol. The zero-order chi connectivity index (χ0) is 17.6. The van der Waals surface area contributed by atoms with Gasteiger partial charge in [-0.05, 0) is 25.5 Å². The van der Waals surface area contributed by atoms with E-state index in [1.165, 1.54) is 9.75 Å². The number of amides is 1. The van der Waals surface area contributed by atoms with Crippen molar-refractivity contribution in [3.05, 3.63) is 21.9 Å². The molecule has 7 nitrogen and oxygen atoms in total. The summed E-state index contributed by atoms with van der Waals surface area (Å²) < 4.78 is 22.7. The van der Waals surface area contributed by atoms with E-state index >= 15 is 0 Å². The third kappa shape index (κ3) is 7.90. The molecule has 1 aliphatic heterocycles. The molecule has 0 aromatic carbocycles. The molecule has 1 amide bonds. The Hall–Kier alpha value is -0.880. The fourth-order valence-corrected chi connectivity index (χ4v) is 4.98. The molecule has 1 unspecified atom stereocenters. The quantitative estimate of drug-likeness (QED) is 0.308. The summed E-state index contributed by atoms with van der Waals surface area (Å²) in [6.45, 7) is 3.19. The molecule has 1 fully saturated rings. The summed E-state index contributed by atoms with van der Waals surface area (Å²) in [4.78, 5) is 18.5. The number of hydrogen-bond donors (Lipinski definition) is 3. The number of carbonyl (C=O) groups is 1. The van der Waals surface area contributed by atoms with Crippen molar-refractivity contribution in [1.29, 1.82) is 0 Å². The van der Waals surface area contributed by atoms with Gasteiger partial charge in [0, 0.05) is 35.8 Å². The highest BCUT2D eigenvalue weighted by Gasteiger charge is 2.28. The van der Waals surface area contributed by atoms with Crippen LogP contribution in [-0.2, 0) is 21.2 Å². The zero-order valence-electron chi connectivity index (χ0n) is 14.4. The first kappa shape index (κ1) is 22.2. The van der Waals surface area contributed by atoms with Gasteiger partial charge in [-0.3, -0.25) is 9.79 Å². The fraction of sp³-hybridized carbons (Fsp3) is 0.600. The molecule has 0 radical (unpaired) electrons. The molecule has 1 aliphatic rings. The minimum absolute atomic E-state index is 0. The van der Waals surface area contributed by atoms with Gasteiger partial charge in [0.05, 0.1) is 18.1 Å². The van der Waals surface area contributed by atoms with Gasteiger partial charge in [0.25, 0.3) is 0 Å². The Labute approximate surface area is 170 Å². The predicted molar refractivity (Wildman–Crippen MR) is 112 cm³/mol. The Kier molecular flexibility index (Phi) is 9.14. The van der Waals surface area contributed by atoms with E-state index in [4.69, 9.17) is 0 Å². The Morgan fingerprint density at radius 2 is 2.12 bits per heavy atom. The van der Waals surface area contributed by atoms with Gasteiger partial charge in [-0.15, -0.1) is 35.3 Å². The lowest BCUT2D eigenvalue weighted by atomic mass is 10.2. The second-order valence-electron chi connectivity index (χ2n) is 5.78. The summed E-state index contributed by atoms with van der Waals surface area (Å²) in [7, 11) is -1.29. The van der Waals surface area contributed by atoms with Crippen LogP contribution in [0.25, 0.3) is 0 Å². The molecule has 25 heavy (non-hydrogen) atoms. The van der Waals surface area contributed by atoms with Crippen LogP contribution in [0, 0.1) is 6.92 Å². The highest BCUT2D eigenvalue weighted by atomic mass is 127. The Morgan fingerprint density at radius 3 is 2.68 bits per heavy atom. The van der Waals surface area contributed by atoms with Crippen molar-refractivity contribution in [1.82, 2.24) is 16.0 Å². The van der Waals surface area contributed by atoms with Crippen molar-refractivity contribution < 1.29 is 13.2 Å². The maximum absolute atomic E-state index is 11.9. The van der Waals surface area contributed by atoms with Crippen LogP contribution in [-0.4, -0.2) is 51.4 Å². The van der Waals surface area contributed by atoms with Crippen LogP contribution < -0.4 is 16.0 Å². The number of rotatable bonds is 6. The number of aliphatic imine (C=N–C) groups is 1. The first-order valence-corrected chi connectivity index (χ1v) is 10.5. The first-order chi connectivity index (χ1) is 11.4. The SMILES string of the molecule is CN=C(NCCC(=O)NC1CCS(=O)(=O)C1)NCc1ccc(C)s1.I. The number of thiophene rings is 1. The summed E-state index contributed by atoms with van der Waals surface area (Å²) in [6.07, 6.45) is 0.778. The van der Waals surface area contributed by atoms with Gasteiger partial charge in [0.2, 0.25) is 5.91 Å². The number of nitrogens with one attached hydrogen (secondary N) is 3. The number of aryl methyl sites for hydroxylation is 1. The molecule has 10 heteroatoms. The van der Waals surface area contributed by atoms with Gasteiger partial charge in [0.15, 0.2) is 15.8 Å². The van der Waals surface area contributed by atoms with Gasteiger partial charge in [-0.2, -0.15) is 0 Å². The van der Waals surface area contributed by atoms with E-state index in [0.717, 1.165) is 0 Å². The average Bonchev–Trinajstić information content (AvgIpc) is 3.08. The van der Waals surface area contributed by atoms with Gasteiger partial charge in [-0.1, -0.05) is 0 Å². The highest BCUT2D eigenvalue weighted by molar-refractivity contribution is 14.0. The minimum Gasteiger partial charge on any atom is -0.356 e. The maximum Gasteiger partial charge on any atom is 0.222 e. The van der Waals surface area contributed by atoms with Crippen molar-refractivity contribution >= 4 is 57.0 Å². The van der Waals surface area contributed by atoms with E-state index in [1.54, 1.807) is 18.4 Å². The molecular weight excluding hydrogens is 475 g/mol. The molecule has 1 aromatic heterocycles. The van der Waals surface area contributed by atoms with E-state index < -0.39 is 9.84 Å². The van der Waals surface area contributed by atoms with Crippen LogP contribution in [0.1, 0.15) is 22.6 Å². The van der Waals surface area contributed by atoms with Crippen LogP contribution in [0.4, 0.5) is 0 Å². The maximum atomic E-state index is 11.9. The third-order valence-corrected chi connectivity index (χ3v) is 6.46. The number of nitrogens with zero attached hydrogens (tertiary/aromatic N) is 1. The molecule has 2 rings (SSSR count). The standard InChI is InChI=1S/C15H24N4O3S2.HI/c1-11-3-4-13(23-11)9-18-15(16-2)17-7-5-14(20)19-12-6-8-24(21,22)10-12;/h3-4,12H,5-10H2,1-2H3,(H,19,20)(H2,16,17,18);1H. The summed E-state index contributed by atoms with van der Waals surface area (Å²) in [5, 5.41) is 9.05. The molecule has 0 saturated carbocycles. The van der Waals surface area contributed by atoms with E-state index in [1.807, 2.05) is 0 Å². The number of hydrogen-bond acceptors (Lipinski definition) is 5. The third-order valence-electron chi connectivity index (χ3n) is 3.69. The van der Waals surface area contributed by atoms with E-state index in [0.29, 0.717) is 25.5 Å². The summed E-state index contributed by atoms with van der Waals surface area (Å²) >= 11 is 1.73. The van der Waals surface area contributed by atoms with Crippen molar-refractivity contribution in [2.45, 2.75) is 32.4 Å². The molecule has 0 aliphatic carbocycles. The summed E-state index contributed by atoms with van der Waals surface area (Å²) in [5.41, 5.74) is 0. The van der Waals surface area contributed by atoms with Crippen LogP contribution in [0.2, 0.25) is 0 Å². The lowest BCUT2D eigenvalue weighted by molar-refractivity contribution is -0.121. The molecular formula is C15H25IN4O3S2. The molecule has 0 bridgehead atoms. The molecule has 1 aromatic rings. The van der Waals surface area contributed by atoms with Crippen LogP contribution in [0.15, 0.2) is 17.1 Å². The first-order valence-electron chi connectivity index (χ1n) is 7.87. The second-order valence-corrected chi connectivity index (χ2v) is 9.38. The number of carbonyl (C=O) groups excluding carboxylic acids is 1. The molecule has 142 valence electrons. The number of guanidine groups is 1.